The minimum atomic E-state index is 1.00. The van der Waals surface area contributed by atoms with Gasteiger partial charge in [-0.15, -0.1) is 0 Å². The molecule has 0 rings (SSSR count). The second kappa shape index (κ2) is 19.8. The van der Waals surface area contributed by atoms with Crippen LogP contribution in [0.3, 0.4) is 0 Å². The van der Waals surface area contributed by atoms with E-state index in [1.54, 1.807) is 0 Å². The van der Waals surface area contributed by atoms with E-state index in [0.717, 1.165) is 17.8 Å². The molecule has 0 aliphatic rings. The van der Waals surface area contributed by atoms with Gasteiger partial charge in [0, 0.05) is 0 Å². The number of unbranched alkanes of at least 4 members (excludes halogenated alkanes) is 3. The maximum absolute atomic E-state index is 2.40. The van der Waals surface area contributed by atoms with Gasteiger partial charge in [0.15, 0.2) is 0 Å². The third-order valence-corrected chi connectivity index (χ3v) is 6.62. The van der Waals surface area contributed by atoms with E-state index in [1.165, 1.54) is 116 Å². The molecular formula is C26H54. The van der Waals surface area contributed by atoms with Crippen LogP contribution in [0.1, 0.15) is 150 Å². The lowest BCUT2D eigenvalue weighted by molar-refractivity contribution is 0.321. The molecule has 0 aromatic rings. The van der Waals surface area contributed by atoms with Crippen LogP contribution in [0.2, 0.25) is 0 Å². The summed E-state index contributed by atoms with van der Waals surface area (Å²) in [5, 5.41) is 0. The van der Waals surface area contributed by atoms with Crippen molar-refractivity contribution in [2.24, 2.45) is 17.8 Å². The van der Waals surface area contributed by atoms with Crippen molar-refractivity contribution >= 4 is 0 Å². The van der Waals surface area contributed by atoms with Crippen molar-refractivity contribution in [3.63, 3.8) is 0 Å². The van der Waals surface area contributed by atoms with Gasteiger partial charge in [0.2, 0.25) is 0 Å². The minimum absolute atomic E-state index is 1.00. The van der Waals surface area contributed by atoms with E-state index in [0.29, 0.717) is 0 Å². The lowest BCUT2D eigenvalue weighted by atomic mass is 9.85. The van der Waals surface area contributed by atoms with Crippen LogP contribution in [0.4, 0.5) is 0 Å². The highest BCUT2D eigenvalue weighted by molar-refractivity contribution is 4.66. The first-order valence-corrected chi connectivity index (χ1v) is 12.7. The van der Waals surface area contributed by atoms with E-state index >= 15 is 0 Å². The Morgan fingerprint density at radius 3 is 1.08 bits per heavy atom. The summed E-state index contributed by atoms with van der Waals surface area (Å²) >= 11 is 0. The first-order chi connectivity index (χ1) is 12.7. The van der Waals surface area contributed by atoms with E-state index in [9.17, 15) is 0 Å². The average molecular weight is 367 g/mol. The Labute approximate surface area is 168 Å². The van der Waals surface area contributed by atoms with Crippen molar-refractivity contribution < 1.29 is 0 Å². The molecule has 0 nitrogen and oxygen atoms in total. The standard InChI is InChI=1S/C26H54/c1-6-11-17-24(10-5)20-14-22-26(19-13-8-3)23-15-21-25(16-9-4)18-12-7-2/h24-26H,6-23H2,1-5H3. The molecule has 0 aromatic carbocycles. The Hall–Kier alpha value is 0. The first kappa shape index (κ1) is 26.0. The highest BCUT2D eigenvalue weighted by Crippen LogP contribution is 2.28. The molecule has 0 saturated carbocycles. The van der Waals surface area contributed by atoms with Crippen LogP contribution < -0.4 is 0 Å². The minimum Gasteiger partial charge on any atom is -0.0654 e. The topological polar surface area (TPSA) is 0 Å². The van der Waals surface area contributed by atoms with Crippen molar-refractivity contribution in [1.82, 2.24) is 0 Å². The van der Waals surface area contributed by atoms with Crippen LogP contribution in [0.15, 0.2) is 0 Å². The molecule has 0 saturated heterocycles. The molecule has 0 aliphatic carbocycles. The Kier molecular flexibility index (Phi) is 19.8. The molecule has 0 aliphatic heterocycles. The molecule has 0 heteroatoms. The number of hydrogen-bond donors (Lipinski definition) is 0. The van der Waals surface area contributed by atoms with Gasteiger partial charge in [-0.05, 0) is 17.8 Å². The molecule has 158 valence electrons. The number of hydrogen-bond acceptors (Lipinski definition) is 0. The molecule has 0 radical (unpaired) electrons. The summed E-state index contributed by atoms with van der Waals surface area (Å²) in [5.74, 6) is 3.04. The monoisotopic (exact) mass is 366 g/mol. The summed E-state index contributed by atoms with van der Waals surface area (Å²) in [6, 6.07) is 0. The summed E-state index contributed by atoms with van der Waals surface area (Å²) in [5.41, 5.74) is 0. The smallest absolute Gasteiger partial charge is 0.0414 e. The van der Waals surface area contributed by atoms with Gasteiger partial charge in [-0.2, -0.15) is 0 Å². The van der Waals surface area contributed by atoms with E-state index in [2.05, 4.69) is 34.6 Å². The van der Waals surface area contributed by atoms with Gasteiger partial charge in [0.05, 0.1) is 0 Å². The van der Waals surface area contributed by atoms with Crippen molar-refractivity contribution in [1.29, 1.82) is 0 Å². The van der Waals surface area contributed by atoms with Gasteiger partial charge in [-0.25, -0.2) is 0 Å². The molecule has 3 unspecified atom stereocenters. The summed E-state index contributed by atoms with van der Waals surface area (Å²) in [7, 11) is 0. The Morgan fingerprint density at radius 2 is 0.692 bits per heavy atom. The van der Waals surface area contributed by atoms with E-state index in [1.807, 2.05) is 0 Å². The van der Waals surface area contributed by atoms with Crippen molar-refractivity contribution in [2.75, 3.05) is 0 Å². The second-order valence-corrected chi connectivity index (χ2v) is 9.08. The van der Waals surface area contributed by atoms with Crippen LogP contribution in [0.5, 0.6) is 0 Å². The SMILES string of the molecule is CCCCC(CC)CCCC(CCCC)CCCC(CCC)CCCC. The fourth-order valence-corrected chi connectivity index (χ4v) is 4.70. The van der Waals surface area contributed by atoms with Crippen LogP contribution in [0.25, 0.3) is 0 Å². The quantitative estimate of drug-likeness (QED) is 0.201. The zero-order chi connectivity index (χ0) is 19.5. The maximum atomic E-state index is 2.40. The first-order valence-electron chi connectivity index (χ1n) is 12.7. The van der Waals surface area contributed by atoms with Gasteiger partial charge in [0.1, 0.15) is 0 Å². The van der Waals surface area contributed by atoms with Crippen molar-refractivity contribution in [3.05, 3.63) is 0 Å². The molecule has 0 amide bonds. The fraction of sp³-hybridized carbons (Fsp3) is 1.00. The molecule has 0 aromatic heterocycles. The Balaban J connectivity index is 4.16. The highest BCUT2D eigenvalue weighted by Gasteiger charge is 2.13. The normalized spacial score (nSPS) is 15.1. The largest absolute Gasteiger partial charge is 0.0654 e. The third-order valence-electron chi connectivity index (χ3n) is 6.62. The van der Waals surface area contributed by atoms with Crippen molar-refractivity contribution in [2.45, 2.75) is 150 Å². The average Bonchev–Trinajstić information content (AvgIpc) is 2.66. The van der Waals surface area contributed by atoms with Crippen LogP contribution >= 0.6 is 0 Å². The fourth-order valence-electron chi connectivity index (χ4n) is 4.70. The lowest BCUT2D eigenvalue weighted by Crippen LogP contribution is -2.06. The Morgan fingerprint density at radius 1 is 0.346 bits per heavy atom. The van der Waals surface area contributed by atoms with Gasteiger partial charge in [-0.1, -0.05) is 150 Å². The van der Waals surface area contributed by atoms with Gasteiger partial charge in [0.25, 0.3) is 0 Å². The maximum Gasteiger partial charge on any atom is -0.0414 e. The van der Waals surface area contributed by atoms with Crippen LogP contribution in [-0.2, 0) is 0 Å². The lowest BCUT2D eigenvalue weighted by Gasteiger charge is -2.21. The molecule has 0 N–H and O–H groups in total. The van der Waals surface area contributed by atoms with E-state index in [4.69, 9.17) is 0 Å². The molecular weight excluding hydrogens is 312 g/mol. The predicted molar refractivity (Wildman–Crippen MR) is 122 cm³/mol. The summed E-state index contributed by atoms with van der Waals surface area (Å²) in [6.07, 6.45) is 26.2. The summed E-state index contributed by atoms with van der Waals surface area (Å²) < 4.78 is 0. The van der Waals surface area contributed by atoms with Crippen molar-refractivity contribution in [3.8, 4) is 0 Å². The van der Waals surface area contributed by atoms with E-state index in [-0.39, 0.29) is 0 Å². The predicted octanol–water partition coefficient (Wildman–Crippen LogP) is 9.96. The third kappa shape index (κ3) is 15.1. The summed E-state index contributed by atoms with van der Waals surface area (Å²) in [6.45, 7) is 11.8. The zero-order valence-corrected chi connectivity index (χ0v) is 19.5. The molecule has 0 bridgehead atoms. The van der Waals surface area contributed by atoms with Crippen LogP contribution in [-0.4, -0.2) is 0 Å². The molecule has 0 fully saturated rings. The number of rotatable bonds is 20. The highest BCUT2D eigenvalue weighted by atomic mass is 14.2. The molecule has 0 spiro atoms. The Bertz CT molecular complexity index is 257. The molecule has 0 heterocycles. The molecule has 26 heavy (non-hydrogen) atoms. The van der Waals surface area contributed by atoms with Crippen LogP contribution in [0, 0.1) is 17.8 Å². The zero-order valence-electron chi connectivity index (χ0n) is 19.5. The van der Waals surface area contributed by atoms with Gasteiger partial charge >= 0.3 is 0 Å². The molecule has 3 atom stereocenters. The van der Waals surface area contributed by atoms with Gasteiger partial charge < -0.3 is 0 Å². The second-order valence-electron chi connectivity index (χ2n) is 9.08. The summed E-state index contributed by atoms with van der Waals surface area (Å²) in [4.78, 5) is 0. The van der Waals surface area contributed by atoms with Gasteiger partial charge in [-0.3, -0.25) is 0 Å². The van der Waals surface area contributed by atoms with E-state index < -0.39 is 0 Å².